The standard InChI is InChI=1S/C31H24OP/c1-4-14-24(15-5-1)33(25-16-6-2-7-17-25,26-18-8-3-9-19-26)32-31-29-22-12-10-20-27(29)28-21-11-13-23-30(28)31/h1-23,31H/q+1. The Hall–Kier alpha value is -3.51. The quantitative estimate of drug-likeness (QED) is 0.275. The first-order chi connectivity index (χ1) is 16.4. The molecule has 158 valence electrons. The summed E-state index contributed by atoms with van der Waals surface area (Å²) in [4.78, 5) is 0. The van der Waals surface area contributed by atoms with Gasteiger partial charge in [-0.1, -0.05) is 103 Å². The van der Waals surface area contributed by atoms with Gasteiger partial charge < -0.3 is 0 Å². The smallest absolute Gasteiger partial charge is 0.209 e. The summed E-state index contributed by atoms with van der Waals surface area (Å²) >= 11 is 0. The zero-order valence-electron chi connectivity index (χ0n) is 18.2. The van der Waals surface area contributed by atoms with Crippen LogP contribution >= 0.6 is 7.49 Å². The van der Waals surface area contributed by atoms with E-state index < -0.39 is 7.49 Å². The number of rotatable bonds is 5. The second kappa shape index (κ2) is 8.45. The molecule has 2 heteroatoms. The third-order valence-electron chi connectivity index (χ3n) is 6.40. The topological polar surface area (TPSA) is 9.23 Å². The molecule has 0 saturated heterocycles. The third-order valence-corrected chi connectivity index (χ3v) is 10.0. The molecule has 0 atom stereocenters. The van der Waals surface area contributed by atoms with Crippen LogP contribution in [0, 0.1) is 0 Å². The van der Waals surface area contributed by atoms with Crippen molar-refractivity contribution < 1.29 is 4.52 Å². The summed E-state index contributed by atoms with van der Waals surface area (Å²) in [5.74, 6) is 0. The molecule has 0 aromatic heterocycles. The summed E-state index contributed by atoms with van der Waals surface area (Å²) in [6, 6.07) is 49.6. The second-order valence-corrected chi connectivity index (χ2v) is 11.3. The van der Waals surface area contributed by atoms with Gasteiger partial charge in [-0.05, 0) is 58.7 Å². The molecule has 5 aromatic carbocycles. The van der Waals surface area contributed by atoms with Crippen LogP contribution in [0.25, 0.3) is 11.1 Å². The minimum atomic E-state index is -2.41. The van der Waals surface area contributed by atoms with Crippen LogP contribution in [0.5, 0.6) is 0 Å². The van der Waals surface area contributed by atoms with E-state index in [0.29, 0.717) is 0 Å². The van der Waals surface area contributed by atoms with E-state index >= 15 is 0 Å². The maximum atomic E-state index is 7.52. The monoisotopic (exact) mass is 443 g/mol. The normalized spacial score (nSPS) is 12.8. The highest BCUT2D eigenvalue weighted by atomic mass is 31.2. The molecule has 5 aromatic rings. The van der Waals surface area contributed by atoms with Crippen LogP contribution in [0.3, 0.4) is 0 Å². The molecular weight excluding hydrogens is 419 g/mol. The fourth-order valence-electron chi connectivity index (χ4n) is 4.92. The number of hydrogen-bond acceptors (Lipinski definition) is 1. The Kier molecular flexibility index (Phi) is 5.15. The molecule has 1 aliphatic rings. The lowest BCUT2D eigenvalue weighted by Crippen LogP contribution is -2.33. The Morgan fingerprint density at radius 2 is 0.727 bits per heavy atom. The van der Waals surface area contributed by atoms with Gasteiger partial charge in [0, 0.05) is 0 Å². The molecule has 0 heterocycles. The van der Waals surface area contributed by atoms with Crippen molar-refractivity contribution in [3.05, 3.63) is 151 Å². The average Bonchev–Trinajstić information content (AvgIpc) is 3.22. The van der Waals surface area contributed by atoms with Gasteiger partial charge in [-0.3, -0.25) is 0 Å². The van der Waals surface area contributed by atoms with E-state index in [2.05, 4.69) is 140 Å². The predicted octanol–water partition coefficient (Wildman–Crippen LogP) is 6.68. The second-order valence-electron chi connectivity index (χ2n) is 8.28. The van der Waals surface area contributed by atoms with Gasteiger partial charge in [-0.2, -0.15) is 0 Å². The van der Waals surface area contributed by atoms with Crippen molar-refractivity contribution in [2.75, 3.05) is 0 Å². The minimum Gasteiger partial charge on any atom is -0.209 e. The fraction of sp³-hybridized carbons (Fsp3) is 0.0323. The van der Waals surface area contributed by atoms with Gasteiger partial charge in [0.15, 0.2) is 6.10 Å². The summed E-state index contributed by atoms with van der Waals surface area (Å²) in [6.45, 7) is 0. The Labute approximate surface area is 195 Å². The Morgan fingerprint density at radius 1 is 0.394 bits per heavy atom. The van der Waals surface area contributed by atoms with Crippen LogP contribution in [0.4, 0.5) is 0 Å². The van der Waals surface area contributed by atoms with E-state index in [1.807, 2.05) is 0 Å². The Balaban J connectivity index is 1.63. The van der Waals surface area contributed by atoms with Crippen LogP contribution in [-0.4, -0.2) is 0 Å². The summed E-state index contributed by atoms with van der Waals surface area (Å²) < 4.78 is 7.52. The molecule has 0 N–H and O–H groups in total. The summed E-state index contributed by atoms with van der Waals surface area (Å²) in [5, 5.41) is 3.68. The van der Waals surface area contributed by atoms with Gasteiger partial charge in [0.25, 0.3) is 0 Å². The number of hydrogen-bond donors (Lipinski definition) is 0. The van der Waals surface area contributed by atoms with Gasteiger partial charge in [0.2, 0.25) is 7.49 Å². The van der Waals surface area contributed by atoms with Crippen molar-refractivity contribution in [2.24, 2.45) is 0 Å². The van der Waals surface area contributed by atoms with Crippen molar-refractivity contribution >= 4 is 23.4 Å². The van der Waals surface area contributed by atoms with E-state index in [0.717, 1.165) is 0 Å². The largest absolute Gasteiger partial charge is 0.243 e. The minimum absolute atomic E-state index is 0.133. The summed E-state index contributed by atoms with van der Waals surface area (Å²) in [6.07, 6.45) is -0.133. The lowest BCUT2D eigenvalue weighted by molar-refractivity contribution is 0.284. The van der Waals surface area contributed by atoms with Gasteiger partial charge in [0.05, 0.1) is 0 Å². The van der Waals surface area contributed by atoms with Gasteiger partial charge in [-0.15, -0.1) is 0 Å². The third kappa shape index (κ3) is 3.33. The first-order valence-electron chi connectivity index (χ1n) is 11.3. The molecule has 1 aliphatic carbocycles. The van der Waals surface area contributed by atoms with E-state index in [9.17, 15) is 0 Å². The summed E-state index contributed by atoms with van der Waals surface area (Å²) in [7, 11) is -2.41. The lowest BCUT2D eigenvalue weighted by Gasteiger charge is -2.29. The van der Waals surface area contributed by atoms with Crippen molar-refractivity contribution in [2.45, 2.75) is 6.10 Å². The number of fused-ring (bicyclic) bond motifs is 3. The number of benzene rings is 5. The van der Waals surface area contributed by atoms with Crippen LogP contribution in [0.15, 0.2) is 140 Å². The molecule has 0 unspecified atom stereocenters. The van der Waals surface area contributed by atoms with Gasteiger partial charge in [0.1, 0.15) is 15.9 Å². The lowest BCUT2D eigenvalue weighted by atomic mass is 10.1. The Bertz CT molecular complexity index is 1240. The average molecular weight is 444 g/mol. The van der Waals surface area contributed by atoms with E-state index in [4.69, 9.17) is 4.52 Å². The molecule has 6 rings (SSSR count). The zero-order valence-corrected chi connectivity index (χ0v) is 19.1. The first kappa shape index (κ1) is 20.1. The van der Waals surface area contributed by atoms with E-state index in [1.54, 1.807) is 0 Å². The van der Waals surface area contributed by atoms with Gasteiger partial charge >= 0.3 is 0 Å². The summed E-state index contributed by atoms with van der Waals surface area (Å²) in [5.41, 5.74) is 5.02. The fourth-order valence-corrected chi connectivity index (χ4v) is 8.50. The molecule has 0 spiro atoms. The Morgan fingerprint density at radius 3 is 1.12 bits per heavy atom. The molecule has 0 amide bonds. The van der Waals surface area contributed by atoms with Crippen molar-refractivity contribution in [1.29, 1.82) is 0 Å². The van der Waals surface area contributed by atoms with Crippen molar-refractivity contribution in [3.63, 3.8) is 0 Å². The maximum absolute atomic E-state index is 7.52. The highest BCUT2D eigenvalue weighted by Gasteiger charge is 2.51. The molecule has 0 aliphatic heterocycles. The first-order valence-corrected chi connectivity index (χ1v) is 13.0. The predicted molar refractivity (Wildman–Crippen MR) is 140 cm³/mol. The van der Waals surface area contributed by atoms with Crippen LogP contribution in [0.1, 0.15) is 17.2 Å². The van der Waals surface area contributed by atoms with Crippen molar-refractivity contribution in [1.82, 2.24) is 0 Å². The molecule has 0 bridgehead atoms. The van der Waals surface area contributed by atoms with Crippen LogP contribution < -0.4 is 15.9 Å². The molecule has 1 nitrogen and oxygen atoms in total. The zero-order chi connectivity index (χ0) is 22.1. The van der Waals surface area contributed by atoms with E-state index in [-0.39, 0.29) is 6.10 Å². The molecule has 0 radical (unpaired) electrons. The molecule has 0 saturated carbocycles. The van der Waals surface area contributed by atoms with E-state index in [1.165, 1.54) is 38.2 Å². The molecule has 33 heavy (non-hydrogen) atoms. The van der Waals surface area contributed by atoms with Gasteiger partial charge in [-0.25, -0.2) is 4.52 Å². The SMILES string of the molecule is c1ccc([P+](OC2c3ccccc3-c3ccccc32)(c2ccccc2)c2ccccc2)cc1. The molecular formula is C31H24OP+. The van der Waals surface area contributed by atoms with Crippen LogP contribution in [-0.2, 0) is 4.52 Å². The highest BCUT2D eigenvalue weighted by molar-refractivity contribution is 7.91. The van der Waals surface area contributed by atoms with Crippen LogP contribution in [0.2, 0.25) is 0 Å². The highest BCUT2D eigenvalue weighted by Crippen LogP contribution is 2.62. The maximum Gasteiger partial charge on any atom is 0.243 e. The van der Waals surface area contributed by atoms with Crippen molar-refractivity contribution in [3.8, 4) is 11.1 Å². The molecule has 0 fully saturated rings.